The van der Waals surface area contributed by atoms with Crippen molar-refractivity contribution in [2.24, 2.45) is 17.2 Å². The summed E-state index contributed by atoms with van der Waals surface area (Å²) >= 11 is 0. The molecule has 0 aromatic carbocycles. The highest BCUT2D eigenvalue weighted by Gasteiger charge is 2.34. The second-order valence-electron chi connectivity index (χ2n) is 11.8. The van der Waals surface area contributed by atoms with Crippen molar-refractivity contribution >= 4 is 0 Å². The first-order chi connectivity index (χ1) is 20.2. The molecule has 250 valence electrons. The molecule has 0 radical (unpaired) electrons. The lowest BCUT2D eigenvalue weighted by Gasteiger charge is -2.35. The van der Waals surface area contributed by atoms with Crippen molar-refractivity contribution < 1.29 is 39.4 Å². The molecule has 1 aliphatic carbocycles. The van der Waals surface area contributed by atoms with Gasteiger partial charge in [-0.15, -0.1) is 0 Å². The van der Waals surface area contributed by atoms with E-state index in [9.17, 15) is 15.3 Å². The van der Waals surface area contributed by atoms with Crippen LogP contribution in [0.5, 0.6) is 0 Å². The predicted octanol–water partition coefficient (Wildman–Crippen LogP) is -2.57. The molecule has 3 heterocycles. The third kappa shape index (κ3) is 14.5. The van der Waals surface area contributed by atoms with E-state index in [0.29, 0.717) is 25.6 Å². The van der Waals surface area contributed by atoms with E-state index in [-0.39, 0.29) is 49.8 Å². The Hall–Kier alpha value is -0.560. The van der Waals surface area contributed by atoms with Crippen molar-refractivity contribution in [2.45, 2.75) is 125 Å². The fraction of sp³-hybridized carbons (Fsp3) is 1.00. The number of hydrogen-bond donors (Lipinski definition) is 10. The van der Waals surface area contributed by atoms with Gasteiger partial charge in [0.1, 0.15) is 0 Å². The van der Waals surface area contributed by atoms with Gasteiger partial charge >= 0.3 is 0 Å². The summed E-state index contributed by atoms with van der Waals surface area (Å²) < 4.78 is 22.2. The maximum atomic E-state index is 9.51. The molecule has 0 bridgehead atoms. The third-order valence-electron chi connectivity index (χ3n) is 7.98. The highest BCUT2D eigenvalue weighted by molar-refractivity contribution is 4.87. The lowest BCUT2D eigenvalue weighted by Crippen LogP contribution is -2.54. The Kier molecular flexibility index (Phi) is 19.0. The van der Waals surface area contributed by atoms with Gasteiger partial charge in [-0.1, -0.05) is 0 Å². The summed E-state index contributed by atoms with van der Waals surface area (Å²) in [7, 11) is 3.76. The minimum atomic E-state index is -1.05. The van der Waals surface area contributed by atoms with Crippen LogP contribution in [-0.2, 0) is 18.9 Å². The van der Waals surface area contributed by atoms with E-state index >= 15 is 0 Å². The van der Waals surface area contributed by atoms with Crippen LogP contribution in [0.15, 0.2) is 0 Å². The lowest BCUT2D eigenvalue weighted by atomic mass is 9.89. The van der Waals surface area contributed by atoms with Gasteiger partial charge < -0.3 is 72.5 Å². The van der Waals surface area contributed by atoms with Gasteiger partial charge in [-0.3, -0.25) is 0 Å². The van der Waals surface area contributed by atoms with Crippen molar-refractivity contribution in [3.05, 3.63) is 0 Å². The normalized spacial score (nSPS) is 37.6. The van der Waals surface area contributed by atoms with E-state index in [2.05, 4.69) is 16.0 Å². The average molecular weight is 609 g/mol. The van der Waals surface area contributed by atoms with Crippen LogP contribution in [0.25, 0.3) is 0 Å². The molecule has 0 spiro atoms. The fourth-order valence-corrected chi connectivity index (χ4v) is 5.61. The van der Waals surface area contributed by atoms with Crippen molar-refractivity contribution in [3.8, 4) is 0 Å². The van der Waals surface area contributed by atoms with E-state index < -0.39 is 24.5 Å². The minimum Gasteiger partial charge on any atom is -0.394 e. The minimum absolute atomic E-state index is 0.0468. The summed E-state index contributed by atoms with van der Waals surface area (Å²) in [5.41, 5.74) is 16.9. The molecule has 0 aromatic heterocycles. The SMILES string of the molecule is CNCC1CCCCO1.CNC[C@H]1CC(O)[C@@H](N)[C@@H](O)O1.NCC(O)CNC1CC(N)CC(OC2CCC(CO)O2)C1. The van der Waals surface area contributed by atoms with E-state index in [1.807, 2.05) is 7.05 Å². The number of hydrogen-bond acceptors (Lipinski definition) is 14. The molecule has 42 heavy (non-hydrogen) atoms. The molecule has 0 amide bonds. The molecule has 3 aliphatic heterocycles. The highest BCUT2D eigenvalue weighted by atomic mass is 16.7. The summed E-state index contributed by atoms with van der Waals surface area (Å²) in [5, 5.41) is 46.5. The van der Waals surface area contributed by atoms with Crippen LogP contribution in [0.3, 0.4) is 0 Å². The summed E-state index contributed by atoms with van der Waals surface area (Å²) in [6, 6.07) is -0.362. The Labute approximate surface area is 251 Å². The number of nitrogens with one attached hydrogen (secondary N) is 3. The highest BCUT2D eigenvalue weighted by Crippen LogP contribution is 2.27. The Balaban J connectivity index is 0.000000247. The summed E-state index contributed by atoms with van der Waals surface area (Å²) in [5.74, 6) is 0. The van der Waals surface area contributed by atoms with Gasteiger partial charge in [0.2, 0.25) is 0 Å². The molecule has 11 atom stereocenters. The van der Waals surface area contributed by atoms with Gasteiger partial charge in [0, 0.05) is 57.7 Å². The van der Waals surface area contributed by atoms with Crippen molar-refractivity contribution in [1.82, 2.24) is 16.0 Å². The zero-order valence-electron chi connectivity index (χ0n) is 25.6. The van der Waals surface area contributed by atoms with Crippen LogP contribution < -0.4 is 33.2 Å². The van der Waals surface area contributed by atoms with Gasteiger partial charge in [0.25, 0.3) is 0 Å². The maximum absolute atomic E-state index is 9.51. The topological polar surface area (TPSA) is 232 Å². The van der Waals surface area contributed by atoms with Gasteiger partial charge in [-0.2, -0.15) is 0 Å². The summed E-state index contributed by atoms with van der Waals surface area (Å²) in [4.78, 5) is 0. The summed E-state index contributed by atoms with van der Waals surface area (Å²) in [6.45, 7) is 3.37. The molecule has 1 saturated carbocycles. The van der Waals surface area contributed by atoms with Crippen LogP contribution in [-0.4, -0.2) is 141 Å². The molecule has 14 nitrogen and oxygen atoms in total. The summed E-state index contributed by atoms with van der Waals surface area (Å²) in [6.07, 6.45) is 6.33. The zero-order valence-corrected chi connectivity index (χ0v) is 25.6. The molecule has 14 heteroatoms. The number of rotatable bonds is 11. The largest absolute Gasteiger partial charge is 0.394 e. The quantitative estimate of drug-likeness (QED) is 0.116. The second kappa shape index (κ2) is 21.2. The molecule has 3 saturated heterocycles. The molecular formula is C28H60N6O8. The predicted molar refractivity (Wildman–Crippen MR) is 159 cm³/mol. The molecule has 4 rings (SSSR count). The number of ether oxygens (including phenoxy) is 4. The first kappa shape index (κ1) is 37.6. The number of aliphatic hydroxyl groups is 4. The van der Waals surface area contributed by atoms with E-state index in [1.165, 1.54) is 19.3 Å². The molecule has 4 aliphatic rings. The van der Waals surface area contributed by atoms with Crippen LogP contribution in [0.4, 0.5) is 0 Å². The molecule has 13 N–H and O–H groups in total. The smallest absolute Gasteiger partial charge is 0.172 e. The molecule has 4 fully saturated rings. The van der Waals surface area contributed by atoms with E-state index in [1.54, 1.807) is 7.05 Å². The van der Waals surface area contributed by atoms with Crippen LogP contribution in [0.1, 0.15) is 57.8 Å². The van der Waals surface area contributed by atoms with Crippen LogP contribution >= 0.6 is 0 Å². The number of nitrogens with two attached hydrogens (primary N) is 3. The molecular weight excluding hydrogens is 548 g/mol. The fourth-order valence-electron chi connectivity index (χ4n) is 5.61. The van der Waals surface area contributed by atoms with Crippen molar-refractivity contribution in [2.75, 3.05) is 53.5 Å². The van der Waals surface area contributed by atoms with Crippen LogP contribution in [0.2, 0.25) is 0 Å². The number of likely N-dealkylation sites (N-methyl/N-ethyl adjacent to an activating group) is 2. The van der Waals surface area contributed by atoms with E-state index in [0.717, 1.165) is 45.3 Å². The Bertz CT molecular complexity index is 668. The molecule has 0 aromatic rings. The third-order valence-corrected chi connectivity index (χ3v) is 7.98. The molecule has 8 unspecified atom stereocenters. The average Bonchev–Trinajstić information content (AvgIpc) is 3.43. The van der Waals surface area contributed by atoms with Crippen molar-refractivity contribution in [1.29, 1.82) is 0 Å². The lowest BCUT2D eigenvalue weighted by molar-refractivity contribution is -0.198. The van der Waals surface area contributed by atoms with Gasteiger partial charge in [0.15, 0.2) is 12.6 Å². The van der Waals surface area contributed by atoms with Crippen molar-refractivity contribution in [3.63, 3.8) is 0 Å². The second-order valence-corrected chi connectivity index (χ2v) is 11.8. The maximum Gasteiger partial charge on any atom is 0.172 e. The Morgan fingerprint density at radius 2 is 1.64 bits per heavy atom. The van der Waals surface area contributed by atoms with Gasteiger partial charge in [-0.05, 0) is 59.0 Å². The first-order valence-corrected chi connectivity index (χ1v) is 15.7. The standard InChI is InChI=1S/C14H29N3O4.C7H16N2O3.C7H15NO/c15-6-11(19)7-17-10-3-9(16)4-13(5-10)21-14-2-1-12(8-18)20-14;1-9-3-4-2-5(10)6(8)7(11)12-4;1-8-6-7-4-2-3-5-9-7/h9-14,17-19H,1-8,15-16H2;4-7,9-11H,2-3,8H2,1H3;7-8H,2-6H2,1H3/t;4-,5?,6-,7+;/m.1./s1. The Morgan fingerprint density at radius 3 is 2.24 bits per heavy atom. The van der Waals surface area contributed by atoms with Crippen LogP contribution in [0, 0.1) is 0 Å². The van der Waals surface area contributed by atoms with Gasteiger partial charge in [-0.25, -0.2) is 0 Å². The van der Waals surface area contributed by atoms with E-state index in [4.69, 9.17) is 41.3 Å². The van der Waals surface area contributed by atoms with Gasteiger partial charge in [0.05, 0.1) is 49.3 Å². The monoisotopic (exact) mass is 608 g/mol. The Morgan fingerprint density at radius 1 is 0.905 bits per heavy atom. The number of aliphatic hydroxyl groups excluding tert-OH is 4. The first-order valence-electron chi connectivity index (χ1n) is 15.7. The zero-order chi connectivity index (χ0) is 30.9.